The van der Waals surface area contributed by atoms with Crippen LogP contribution < -0.4 is 0 Å². The summed E-state index contributed by atoms with van der Waals surface area (Å²) in [4.78, 5) is 0. The predicted molar refractivity (Wildman–Crippen MR) is 86.9 cm³/mol. The molecule has 0 nitrogen and oxygen atoms in total. The van der Waals surface area contributed by atoms with Crippen LogP contribution in [0.3, 0.4) is 0 Å². The summed E-state index contributed by atoms with van der Waals surface area (Å²) in [6.07, 6.45) is 3.90. The van der Waals surface area contributed by atoms with Crippen LogP contribution in [0, 0.1) is 5.82 Å². The van der Waals surface area contributed by atoms with Gasteiger partial charge in [0.05, 0.1) is 0 Å². The Kier molecular flexibility index (Phi) is 4.24. The minimum Gasteiger partial charge on any atom is -0.207 e. The summed E-state index contributed by atoms with van der Waals surface area (Å²) in [5.74, 6) is 0.278. The maximum absolute atomic E-state index is 13.5. The largest absolute Gasteiger partial charge is 0.207 e. The lowest BCUT2D eigenvalue weighted by molar-refractivity contribution is 0.396. The van der Waals surface area contributed by atoms with Crippen molar-refractivity contribution in [3.8, 4) is 0 Å². The number of rotatable bonds is 3. The minimum atomic E-state index is -0.247. The van der Waals surface area contributed by atoms with Crippen molar-refractivity contribution in [1.82, 2.24) is 0 Å². The van der Waals surface area contributed by atoms with Gasteiger partial charge in [0.1, 0.15) is 5.82 Å². The first-order valence-electron chi connectivity index (χ1n) is 7.23. The molecule has 0 saturated heterocycles. The van der Waals surface area contributed by atoms with E-state index in [2.05, 4.69) is 24.3 Å². The van der Waals surface area contributed by atoms with Gasteiger partial charge >= 0.3 is 0 Å². The van der Waals surface area contributed by atoms with Gasteiger partial charge in [0.2, 0.25) is 0 Å². The van der Waals surface area contributed by atoms with Crippen LogP contribution in [0.1, 0.15) is 29.5 Å². The van der Waals surface area contributed by atoms with Gasteiger partial charge < -0.3 is 0 Å². The van der Waals surface area contributed by atoms with Crippen LogP contribution >= 0.6 is 23.2 Å². The van der Waals surface area contributed by atoms with Crippen LogP contribution in [-0.4, -0.2) is 5.88 Å². The molecule has 21 heavy (non-hydrogen) atoms. The van der Waals surface area contributed by atoms with Crippen molar-refractivity contribution in [2.24, 2.45) is 0 Å². The van der Waals surface area contributed by atoms with Crippen LogP contribution in [-0.2, 0) is 18.3 Å². The van der Waals surface area contributed by atoms with E-state index < -0.39 is 0 Å². The number of fused-ring (bicyclic) bond motifs is 1. The molecule has 1 unspecified atom stereocenters. The Morgan fingerprint density at radius 3 is 2.76 bits per heavy atom. The van der Waals surface area contributed by atoms with E-state index in [1.54, 1.807) is 6.07 Å². The second kappa shape index (κ2) is 5.98. The molecule has 0 fully saturated rings. The number of aryl methyl sites for hydroxylation is 1. The third kappa shape index (κ3) is 2.82. The molecule has 0 saturated carbocycles. The molecule has 1 atom stereocenters. The molecule has 0 radical (unpaired) electrons. The lowest BCUT2D eigenvalue weighted by atomic mass is 9.68. The molecule has 0 N–H and O–H groups in total. The van der Waals surface area contributed by atoms with Crippen molar-refractivity contribution in [2.75, 3.05) is 5.88 Å². The smallest absolute Gasteiger partial charge is 0.123 e. The first-order chi connectivity index (χ1) is 10.1. The maximum atomic E-state index is 13.5. The normalized spacial score (nSPS) is 21.1. The van der Waals surface area contributed by atoms with Crippen LogP contribution in [0.25, 0.3) is 0 Å². The van der Waals surface area contributed by atoms with Crippen molar-refractivity contribution >= 4 is 23.2 Å². The first kappa shape index (κ1) is 14.9. The molecule has 3 rings (SSSR count). The van der Waals surface area contributed by atoms with Crippen molar-refractivity contribution in [3.05, 3.63) is 70.0 Å². The molecule has 2 aromatic carbocycles. The Bertz CT molecular complexity index is 653. The highest BCUT2D eigenvalue weighted by atomic mass is 35.5. The third-order valence-electron chi connectivity index (χ3n) is 4.48. The highest BCUT2D eigenvalue weighted by Gasteiger charge is 2.36. The highest BCUT2D eigenvalue weighted by molar-refractivity contribution is 6.31. The van der Waals surface area contributed by atoms with Crippen LogP contribution in [0.4, 0.5) is 4.39 Å². The number of halogens is 3. The molecule has 2 aromatic rings. The molecular formula is C18H17Cl2F. The fourth-order valence-electron chi connectivity index (χ4n) is 3.42. The number of benzene rings is 2. The zero-order chi connectivity index (χ0) is 14.9. The summed E-state index contributed by atoms with van der Waals surface area (Å²) in [5, 5.41) is 0.615. The predicted octanol–water partition coefficient (Wildman–Crippen LogP) is 5.53. The van der Waals surface area contributed by atoms with E-state index >= 15 is 0 Å². The highest BCUT2D eigenvalue weighted by Crippen LogP contribution is 2.42. The molecule has 3 heteroatoms. The average Bonchev–Trinajstić information content (AvgIpc) is 2.51. The van der Waals surface area contributed by atoms with Crippen molar-refractivity contribution < 1.29 is 4.39 Å². The Morgan fingerprint density at radius 2 is 1.95 bits per heavy atom. The maximum Gasteiger partial charge on any atom is 0.123 e. The molecule has 0 bridgehead atoms. The Balaban J connectivity index is 2.04. The van der Waals surface area contributed by atoms with E-state index in [1.165, 1.54) is 23.3 Å². The zero-order valence-corrected chi connectivity index (χ0v) is 13.2. The molecule has 0 heterocycles. The van der Waals surface area contributed by atoms with Crippen LogP contribution in [0.5, 0.6) is 0 Å². The SMILES string of the molecule is Fc1ccc(Cl)c(CC2(CCl)CCCc3ccccc32)c1. The third-order valence-corrected chi connectivity index (χ3v) is 5.36. The van der Waals surface area contributed by atoms with Crippen LogP contribution in [0.15, 0.2) is 42.5 Å². The molecule has 0 aromatic heterocycles. The lowest BCUT2D eigenvalue weighted by Crippen LogP contribution is -2.35. The van der Waals surface area contributed by atoms with Gasteiger partial charge in [-0.2, -0.15) is 0 Å². The standard InChI is InChI=1S/C18H17Cl2F/c19-12-18(11-14-10-15(21)7-8-17(14)20)9-3-5-13-4-1-2-6-16(13)18/h1-2,4,6-8,10H,3,5,9,11-12H2. The van der Waals surface area contributed by atoms with Gasteiger partial charge in [-0.3, -0.25) is 0 Å². The molecular weight excluding hydrogens is 306 g/mol. The van der Waals surface area contributed by atoms with E-state index in [0.29, 0.717) is 17.3 Å². The van der Waals surface area contributed by atoms with Crippen LogP contribution in [0.2, 0.25) is 5.02 Å². The summed E-state index contributed by atoms with van der Waals surface area (Å²) < 4.78 is 13.5. The van der Waals surface area contributed by atoms with E-state index in [9.17, 15) is 4.39 Å². The quantitative estimate of drug-likeness (QED) is 0.651. The average molecular weight is 323 g/mol. The fraction of sp³-hybridized carbons (Fsp3) is 0.333. The summed E-state index contributed by atoms with van der Waals surface area (Å²) in [6, 6.07) is 13.0. The van der Waals surface area contributed by atoms with E-state index in [-0.39, 0.29) is 11.2 Å². The number of hydrogen-bond donors (Lipinski definition) is 0. The van der Waals surface area contributed by atoms with E-state index in [1.807, 2.05) is 0 Å². The van der Waals surface area contributed by atoms with Gasteiger partial charge in [-0.05, 0) is 60.6 Å². The van der Waals surface area contributed by atoms with Gasteiger partial charge in [0.15, 0.2) is 0 Å². The molecule has 0 aliphatic heterocycles. The summed E-state index contributed by atoms with van der Waals surface area (Å²) in [5.41, 5.74) is 3.35. The molecule has 1 aliphatic rings. The van der Waals surface area contributed by atoms with Crippen molar-refractivity contribution in [1.29, 1.82) is 0 Å². The van der Waals surface area contributed by atoms with Gasteiger partial charge in [-0.1, -0.05) is 35.9 Å². The minimum absolute atomic E-state index is 0.145. The fourth-order valence-corrected chi connectivity index (χ4v) is 3.98. The Labute approximate surface area is 134 Å². The second-order valence-electron chi connectivity index (χ2n) is 5.84. The molecule has 0 amide bonds. The van der Waals surface area contributed by atoms with Gasteiger partial charge in [-0.25, -0.2) is 4.39 Å². The van der Waals surface area contributed by atoms with Crippen molar-refractivity contribution in [2.45, 2.75) is 31.1 Å². The molecule has 110 valence electrons. The second-order valence-corrected chi connectivity index (χ2v) is 6.51. The summed E-state index contributed by atoms with van der Waals surface area (Å²) in [6.45, 7) is 0. The van der Waals surface area contributed by atoms with Gasteiger partial charge in [-0.15, -0.1) is 11.6 Å². The monoisotopic (exact) mass is 322 g/mol. The van der Waals surface area contributed by atoms with Gasteiger partial charge in [0.25, 0.3) is 0 Å². The first-order valence-corrected chi connectivity index (χ1v) is 8.14. The molecule has 0 spiro atoms. The lowest BCUT2D eigenvalue weighted by Gasteiger charge is -2.38. The zero-order valence-electron chi connectivity index (χ0n) is 11.7. The van der Waals surface area contributed by atoms with E-state index in [4.69, 9.17) is 23.2 Å². The summed E-state index contributed by atoms with van der Waals surface area (Å²) in [7, 11) is 0. The Morgan fingerprint density at radius 1 is 1.14 bits per heavy atom. The van der Waals surface area contributed by atoms with Crippen molar-refractivity contribution in [3.63, 3.8) is 0 Å². The van der Waals surface area contributed by atoms with Gasteiger partial charge in [0, 0.05) is 16.3 Å². The molecule has 1 aliphatic carbocycles. The number of hydrogen-bond acceptors (Lipinski definition) is 0. The topological polar surface area (TPSA) is 0 Å². The number of alkyl halides is 1. The summed E-state index contributed by atoms with van der Waals surface area (Å²) >= 11 is 12.6. The van der Waals surface area contributed by atoms with E-state index in [0.717, 1.165) is 24.8 Å². The Hall–Kier alpha value is -1.05.